The Morgan fingerprint density at radius 2 is 2.22 bits per heavy atom. The predicted molar refractivity (Wildman–Crippen MR) is 104 cm³/mol. The molecule has 10 heteroatoms. The minimum Gasteiger partial charge on any atom is -0.493 e. The molecule has 0 fully saturated rings. The lowest BCUT2D eigenvalue weighted by Gasteiger charge is -2.14. The number of H-pyrrole nitrogens is 1. The van der Waals surface area contributed by atoms with Crippen molar-refractivity contribution in [1.82, 2.24) is 14.9 Å². The molecular formula is C17H23N5O4S. The first-order valence-corrected chi connectivity index (χ1v) is 9.01. The number of aromatic amines is 1. The highest BCUT2D eigenvalue weighted by atomic mass is 32.1. The Morgan fingerprint density at radius 1 is 1.48 bits per heavy atom. The van der Waals surface area contributed by atoms with E-state index in [2.05, 4.69) is 22.2 Å². The second kappa shape index (κ2) is 9.26. The maximum absolute atomic E-state index is 11.5. The van der Waals surface area contributed by atoms with Crippen molar-refractivity contribution in [2.45, 2.75) is 46.1 Å². The van der Waals surface area contributed by atoms with Crippen molar-refractivity contribution in [3.8, 4) is 11.5 Å². The molecule has 0 spiro atoms. The first-order chi connectivity index (χ1) is 12.9. The van der Waals surface area contributed by atoms with Gasteiger partial charge in [-0.2, -0.15) is 14.9 Å². The quantitative estimate of drug-likeness (QED) is 0.300. The standard InChI is InChI=1S/C17H23N5O4S/c1-5-6-7-15-19-20-17(27)21(15)18-10-12-8-13(22(23)24)16(26-11(2)3)14(9-12)25-4/h8-11H,5-7H2,1-4H3,(H,20,27)/b18-10-. The van der Waals surface area contributed by atoms with Crippen LogP contribution in [0, 0.1) is 14.9 Å². The first kappa shape index (κ1) is 20.6. The van der Waals surface area contributed by atoms with Crippen LogP contribution in [-0.2, 0) is 6.42 Å². The normalized spacial score (nSPS) is 11.3. The molecule has 1 aromatic heterocycles. The summed E-state index contributed by atoms with van der Waals surface area (Å²) in [6.07, 6.45) is 3.95. The predicted octanol–water partition coefficient (Wildman–Crippen LogP) is 3.87. The second-order valence-corrected chi connectivity index (χ2v) is 6.49. The summed E-state index contributed by atoms with van der Waals surface area (Å²) in [5.41, 5.74) is 0.297. The van der Waals surface area contributed by atoms with Gasteiger partial charge >= 0.3 is 5.69 Å². The number of nitrogens with one attached hydrogen (secondary N) is 1. The number of hydrogen-bond donors (Lipinski definition) is 1. The summed E-state index contributed by atoms with van der Waals surface area (Å²) < 4.78 is 12.7. The molecule has 146 valence electrons. The fourth-order valence-electron chi connectivity index (χ4n) is 2.39. The highest BCUT2D eigenvalue weighted by molar-refractivity contribution is 7.71. The summed E-state index contributed by atoms with van der Waals surface area (Å²) in [6, 6.07) is 3.02. The lowest BCUT2D eigenvalue weighted by Crippen LogP contribution is -2.09. The maximum atomic E-state index is 11.5. The Hall–Kier alpha value is -2.75. The van der Waals surface area contributed by atoms with Gasteiger partial charge in [0.15, 0.2) is 11.6 Å². The highest BCUT2D eigenvalue weighted by Crippen LogP contribution is 2.38. The van der Waals surface area contributed by atoms with Crippen LogP contribution in [0.2, 0.25) is 0 Å². The summed E-state index contributed by atoms with van der Waals surface area (Å²) in [5.74, 6) is 1.07. The van der Waals surface area contributed by atoms with Crippen molar-refractivity contribution in [1.29, 1.82) is 0 Å². The minimum atomic E-state index is -0.506. The van der Waals surface area contributed by atoms with Crippen molar-refractivity contribution in [3.63, 3.8) is 0 Å². The van der Waals surface area contributed by atoms with E-state index in [4.69, 9.17) is 21.7 Å². The van der Waals surface area contributed by atoms with E-state index < -0.39 is 4.92 Å². The van der Waals surface area contributed by atoms with E-state index >= 15 is 0 Å². The van der Waals surface area contributed by atoms with Crippen LogP contribution in [0.15, 0.2) is 17.2 Å². The van der Waals surface area contributed by atoms with Gasteiger partial charge < -0.3 is 9.47 Å². The molecule has 0 saturated heterocycles. The van der Waals surface area contributed by atoms with Crippen LogP contribution < -0.4 is 9.47 Å². The molecule has 0 aliphatic heterocycles. The number of nitro benzene ring substituents is 1. The van der Waals surface area contributed by atoms with E-state index in [0.29, 0.717) is 16.2 Å². The average molecular weight is 393 g/mol. The highest BCUT2D eigenvalue weighted by Gasteiger charge is 2.23. The number of hydrogen-bond acceptors (Lipinski definition) is 7. The fraction of sp³-hybridized carbons (Fsp3) is 0.471. The van der Waals surface area contributed by atoms with E-state index in [0.717, 1.165) is 19.3 Å². The van der Waals surface area contributed by atoms with Crippen LogP contribution in [0.3, 0.4) is 0 Å². The maximum Gasteiger partial charge on any atom is 0.315 e. The van der Waals surface area contributed by atoms with Gasteiger partial charge in [-0.3, -0.25) is 15.2 Å². The van der Waals surface area contributed by atoms with Crippen molar-refractivity contribution in [2.75, 3.05) is 7.11 Å². The zero-order valence-corrected chi connectivity index (χ0v) is 16.6. The number of aryl methyl sites for hydroxylation is 1. The number of methoxy groups -OCH3 is 1. The largest absolute Gasteiger partial charge is 0.493 e. The van der Waals surface area contributed by atoms with Gasteiger partial charge in [-0.05, 0) is 38.6 Å². The number of benzene rings is 1. The molecule has 0 bridgehead atoms. The zero-order valence-electron chi connectivity index (χ0n) is 15.8. The number of rotatable bonds is 9. The summed E-state index contributed by atoms with van der Waals surface area (Å²) in [4.78, 5) is 11.0. The molecule has 0 amide bonds. The van der Waals surface area contributed by atoms with Crippen LogP contribution in [0.25, 0.3) is 0 Å². The lowest BCUT2D eigenvalue weighted by atomic mass is 10.2. The molecule has 0 aliphatic rings. The molecule has 0 saturated carbocycles. The van der Waals surface area contributed by atoms with Crippen LogP contribution in [0.1, 0.15) is 45.0 Å². The van der Waals surface area contributed by atoms with Gasteiger partial charge in [-0.1, -0.05) is 13.3 Å². The number of unbranched alkanes of at least 4 members (excludes halogenated alkanes) is 1. The van der Waals surface area contributed by atoms with Gasteiger partial charge in [0.1, 0.15) is 0 Å². The molecule has 27 heavy (non-hydrogen) atoms. The first-order valence-electron chi connectivity index (χ1n) is 8.61. The number of ether oxygens (including phenoxy) is 2. The molecule has 1 N–H and O–H groups in total. The van der Waals surface area contributed by atoms with Crippen LogP contribution >= 0.6 is 12.2 Å². The van der Waals surface area contributed by atoms with Crippen LogP contribution in [-0.4, -0.2) is 39.2 Å². The van der Waals surface area contributed by atoms with Gasteiger partial charge in [0.2, 0.25) is 10.5 Å². The van der Waals surface area contributed by atoms with E-state index in [-0.39, 0.29) is 23.3 Å². The third-order valence-corrected chi connectivity index (χ3v) is 3.89. The summed E-state index contributed by atoms with van der Waals surface area (Å²) in [5, 5.41) is 22.7. The van der Waals surface area contributed by atoms with Crippen molar-refractivity contribution in [2.24, 2.45) is 5.10 Å². The fourth-order valence-corrected chi connectivity index (χ4v) is 2.59. The minimum absolute atomic E-state index is 0.0956. The molecule has 0 aliphatic carbocycles. The van der Waals surface area contributed by atoms with E-state index in [1.165, 1.54) is 24.1 Å². The summed E-state index contributed by atoms with van der Waals surface area (Å²) in [7, 11) is 1.43. The molecule has 1 aromatic carbocycles. The molecule has 2 aromatic rings. The Bertz CT molecular complexity index is 888. The molecule has 0 atom stereocenters. The Morgan fingerprint density at radius 3 is 2.81 bits per heavy atom. The zero-order chi connectivity index (χ0) is 20.0. The number of nitro groups is 1. The monoisotopic (exact) mass is 393 g/mol. The van der Waals surface area contributed by atoms with Crippen LogP contribution in [0.4, 0.5) is 5.69 Å². The Kier molecular flexibility index (Phi) is 7.05. The van der Waals surface area contributed by atoms with Gasteiger partial charge in [-0.25, -0.2) is 0 Å². The molecule has 2 rings (SSSR count). The molecule has 0 radical (unpaired) electrons. The van der Waals surface area contributed by atoms with Crippen molar-refractivity contribution < 1.29 is 14.4 Å². The summed E-state index contributed by atoms with van der Waals surface area (Å²) in [6.45, 7) is 5.66. The van der Waals surface area contributed by atoms with Gasteiger partial charge in [-0.15, -0.1) is 0 Å². The second-order valence-electron chi connectivity index (χ2n) is 6.10. The third-order valence-electron chi connectivity index (χ3n) is 3.62. The molecular weight excluding hydrogens is 370 g/mol. The molecule has 0 unspecified atom stereocenters. The summed E-state index contributed by atoms with van der Waals surface area (Å²) >= 11 is 5.20. The number of nitrogens with zero attached hydrogens (tertiary/aromatic N) is 4. The van der Waals surface area contributed by atoms with Gasteiger partial charge in [0.25, 0.3) is 0 Å². The Labute approximate surface area is 162 Å². The topological polar surface area (TPSA) is 108 Å². The third kappa shape index (κ3) is 5.13. The van der Waals surface area contributed by atoms with Crippen molar-refractivity contribution >= 4 is 24.1 Å². The molecule has 9 nitrogen and oxygen atoms in total. The SMILES string of the molecule is CCCCc1n[nH]c(=S)n1/N=C\c1cc(OC)c(OC(C)C)c([N+](=O)[O-])c1. The number of aromatic nitrogens is 3. The van der Waals surface area contributed by atoms with E-state index in [1.807, 2.05) is 0 Å². The van der Waals surface area contributed by atoms with E-state index in [9.17, 15) is 10.1 Å². The van der Waals surface area contributed by atoms with E-state index in [1.54, 1.807) is 19.9 Å². The smallest absolute Gasteiger partial charge is 0.315 e. The van der Waals surface area contributed by atoms with Gasteiger partial charge in [0.05, 0.1) is 24.4 Å². The van der Waals surface area contributed by atoms with Crippen molar-refractivity contribution in [3.05, 3.63) is 38.4 Å². The van der Waals surface area contributed by atoms with Gasteiger partial charge in [0, 0.05) is 18.1 Å². The molecule has 1 heterocycles. The Balaban J connectivity index is 2.44. The van der Waals surface area contributed by atoms with Crippen LogP contribution in [0.5, 0.6) is 11.5 Å². The average Bonchev–Trinajstić information content (AvgIpc) is 2.97. The lowest BCUT2D eigenvalue weighted by molar-refractivity contribution is -0.386.